The Morgan fingerprint density at radius 1 is 1.30 bits per heavy atom. The molecule has 0 aliphatic carbocycles. The van der Waals surface area contributed by atoms with E-state index in [1.165, 1.54) is 6.42 Å². The molecule has 0 saturated carbocycles. The van der Waals surface area contributed by atoms with Gasteiger partial charge in [0.1, 0.15) is 0 Å². The zero-order chi connectivity index (χ0) is 14.8. The van der Waals surface area contributed by atoms with Crippen molar-refractivity contribution in [1.82, 2.24) is 5.32 Å². The fourth-order valence-electron chi connectivity index (χ4n) is 2.39. The second-order valence-electron chi connectivity index (χ2n) is 5.32. The third kappa shape index (κ3) is 4.63. The van der Waals surface area contributed by atoms with Crippen molar-refractivity contribution in [1.29, 1.82) is 5.26 Å². The summed E-state index contributed by atoms with van der Waals surface area (Å²) in [7, 11) is 0. The summed E-state index contributed by atoms with van der Waals surface area (Å²) < 4.78 is 5.83. The van der Waals surface area contributed by atoms with Crippen molar-refractivity contribution < 1.29 is 4.74 Å². The maximum atomic E-state index is 9.64. The summed E-state index contributed by atoms with van der Waals surface area (Å²) in [6, 6.07) is 12.2. The maximum absolute atomic E-state index is 9.64. The Balaban J connectivity index is 2.73. The number of hydrogen-bond donors (Lipinski definition) is 1. The lowest BCUT2D eigenvalue weighted by Gasteiger charge is -2.28. The number of hydrogen-bond acceptors (Lipinski definition) is 3. The lowest BCUT2D eigenvalue weighted by atomic mass is 9.92. The van der Waals surface area contributed by atoms with E-state index in [0.717, 1.165) is 18.5 Å². The van der Waals surface area contributed by atoms with E-state index in [1.807, 2.05) is 37.3 Å². The molecule has 0 bridgehead atoms. The number of nitrogens with one attached hydrogen (secondary N) is 1. The summed E-state index contributed by atoms with van der Waals surface area (Å²) in [5.74, 6) is 0.536. The molecule has 1 rings (SSSR count). The van der Waals surface area contributed by atoms with Crippen LogP contribution in [0.15, 0.2) is 30.3 Å². The van der Waals surface area contributed by atoms with Crippen LogP contribution in [-0.4, -0.2) is 19.8 Å². The molecule has 110 valence electrons. The minimum Gasteiger partial charge on any atom is -0.378 e. The molecule has 2 atom stereocenters. The Labute approximate surface area is 123 Å². The molecule has 2 unspecified atom stereocenters. The van der Waals surface area contributed by atoms with Gasteiger partial charge in [0, 0.05) is 6.61 Å². The lowest BCUT2D eigenvalue weighted by molar-refractivity contribution is 0.0649. The van der Waals surface area contributed by atoms with E-state index in [-0.39, 0.29) is 0 Å². The number of nitrogens with zero attached hydrogens (tertiary/aromatic N) is 1. The molecule has 3 heteroatoms. The highest BCUT2D eigenvalue weighted by atomic mass is 16.5. The van der Waals surface area contributed by atoms with Crippen molar-refractivity contribution in [2.24, 2.45) is 5.92 Å². The van der Waals surface area contributed by atoms with E-state index in [0.29, 0.717) is 19.1 Å². The molecule has 20 heavy (non-hydrogen) atoms. The minimum absolute atomic E-state index is 0.384. The highest BCUT2D eigenvalue weighted by molar-refractivity contribution is 5.31. The average molecular weight is 274 g/mol. The monoisotopic (exact) mass is 274 g/mol. The van der Waals surface area contributed by atoms with Crippen LogP contribution < -0.4 is 5.32 Å². The van der Waals surface area contributed by atoms with E-state index < -0.39 is 5.54 Å². The van der Waals surface area contributed by atoms with Gasteiger partial charge in [-0.15, -0.1) is 0 Å². The number of ether oxygens (including phenoxy) is 1. The second kappa shape index (κ2) is 8.73. The van der Waals surface area contributed by atoms with Crippen LogP contribution in [0.1, 0.15) is 39.2 Å². The first-order valence-electron chi connectivity index (χ1n) is 7.48. The summed E-state index contributed by atoms with van der Waals surface area (Å²) in [6.45, 7) is 8.20. The second-order valence-corrected chi connectivity index (χ2v) is 5.32. The fourth-order valence-corrected chi connectivity index (χ4v) is 2.39. The first-order valence-corrected chi connectivity index (χ1v) is 7.48. The SMILES string of the molecule is CCCC(C)COCC(C#N)(NCC)c1ccccc1. The molecule has 0 amide bonds. The van der Waals surface area contributed by atoms with Crippen LogP contribution >= 0.6 is 0 Å². The molecule has 1 N–H and O–H groups in total. The Morgan fingerprint density at radius 3 is 2.55 bits per heavy atom. The van der Waals surface area contributed by atoms with Crippen molar-refractivity contribution in [2.45, 2.75) is 39.2 Å². The molecule has 0 heterocycles. The highest BCUT2D eigenvalue weighted by Gasteiger charge is 2.31. The van der Waals surface area contributed by atoms with Crippen LogP contribution in [-0.2, 0) is 10.3 Å². The Kier molecular flexibility index (Phi) is 7.28. The van der Waals surface area contributed by atoms with Gasteiger partial charge in [0.15, 0.2) is 5.54 Å². The van der Waals surface area contributed by atoms with Crippen molar-refractivity contribution >= 4 is 0 Å². The van der Waals surface area contributed by atoms with Gasteiger partial charge in [0.25, 0.3) is 0 Å². The van der Waals surface area contributed by atoms with Crippen LogP contribution in [0.5, 0.6) is 0 Å². The highest BCUT2D eigenvalue weighted by Crippen LogP contribution is 2.21. The summed E-state index contributed by atoms with van der Waals surface area (Å²) >= 11 is 0. The molecule has 0 aliphatic rings. The summed E-state index contributed by atoms with van der Waals surface area (Å²) in [4.78, 5) is 0. The molecule has 1 aromatic carbocycles. The first kappa shape index (κ1) is 16.7. The van der Waals surface area contributed by atoms with Gasteiger partial charge in [-0.2, -0.15) is 5.26 Å². The topological polar surface area (TPSA) is 45.0 Å². The van der Waals surface area contributed by atoms with E-state index in [4.69, 9.17) is 4.74 Å². The average Bonchev–Trinajstić information content (AvgIpc) is 2.47. The quantitative estimate of drug-likeness (QED) is 0.750. The Bertz CT molecular complexity index is 413. The predicted molar refractivity (Wildman–Crippen MR) is 82.3 cm³/mol. The van der Waals surface area contributed by atoms with Gasteiger partial charge in [-0.1, -0.05) is 57.5 Å². The summed E-state index contributed by atoms with van der Waals surface area (Å²) in [5.41, 5.74) is 0.217. The summed E-state index contributed by atoms with van der Waals surface area (Å²) in [6.07, 6.45) is 2.33. The van der Waals surface area contributed by atoms with Crippen molar-refractivity contribution in [3.63, 3.8) is 0 Å². The zero-order valence-electron chi connectivity index (χ0n) is 12.9. The van der Waals surface area contributed by atoms with Gasteiger partial charge in [-0.05, 0) is 24.4 Å². The minimum atomic E-state index is -0.748. The third-order valence-corrected chi connectivity index (χ3v) is 3.44. The molecule has 3 nitrogen and oxygen atoms in total. The molecule has 0 saturated heterocycles. The number of nitriles is 1. The maximum Gasteiger partial charge on any atom is 0.155 e. The van der Waals surface area contributed by atoms with Gasteiger partial charge in [0.05, 0.1) is 12.7 Å². The summed E-state index contributed by atoms with van der Waals surface area (Å²) in [5, 5.41) is 12.9. The Hall–Kier alpha value is -1.37. The van der Waals surface area contributed by atoms with E-state index in [1.54, 1.807) is 0 Å². The predicted octanol–water partition coefficient (Wildman–Crippen LogP) is 3.47. The molecular formula is C17H26N2O. The molecule has 0 fully saturated rings. The number of likely N-dealkylation sites (N-methyl/N-ethyl adjacent to an activating group) is 1. The van der Waals surface area contributed by atoms with E-state index in [9.17, 15) is 5.26 Å². The standard InChI is InChI=1S/C17H26N2O/c1-4-9-15(3)12-20-14-17(13-18,19-5-2)16-10-7-6-8-11-16/h6-8,10-11,15,19H,4-5,9,12,14H2,1-3H3. The number of rotatable bonds is 9. The van der Waals surface area contributed by atoms with Crippen molar-refractivity contribution in [3.8, 4) is 6.07 Å². The van der Waals surface area contributed by atoms with Gasteiger partial charge in [0.2, 0.25) is 0 Å². The van der Waals surface area contributed by atoms with Crippen LogP contribution in [0.2, 0.25) is 0 Å². The van der Waals surface area contributed by atoms with Gasteiger partial charge in [-0.3, -0.25) is 5.32 Å². The van der Waals surface area contributed by atoms with Gasteiger partial charge >= 0.3 is 0 Å². The van der Waals surface area contributed by atoms with Crippen LogP contribution in [0.25, 0.3) is 0 Å². The molecule has 0 spiro atoms. The normalized spacial score (nSPS) is 15.3. The lowest BCUT2D eigenvalue weighted by Crippen LogP contribution is -2.45. The molecule has 1 aromatic rings. The Morgan fingerprint density at radius 2 is 2.00 bits per heavy atom. The van der Waals surface area contributed by atoms with Crippen molar-refractivity contribution in [3.05, 3.63) is 35.9 Å². The van der Waals surface area contributed by atoms with Crippen LogP contribution in [0.3, 0.4) is 0 Å². The zero-order valence-corrected chi connectivity index (χ0v) is 12.9. The van der Waals surface area contributed by atoms with E-state index in [2.05, 4.69) is 25.2 Å². The molecule has 0 radical (unpaired) electrons. The smallest absolute Gasteiger partial charge is 0.155 e. The largest absolute Gasteiger partial charge is 0.378 e. The third-order valence-electron chi connectivity index (χ3n) is 3.44. The van der Waals surface area contributed by atoms with Crippen LogP contribution in [0.4, 0.5) is 0 Å². The molecule has 0 aromatic heterocycles. The molecular weight excluding hydrogens is 248 g/mol. The number of benzene rings is 1. The van der Waals surface area contributed by atoms with Crippen LogP contribution in [0, 0.1) is 17.2 Å². The fraction of sp³-hybridized carbons (Fsp3) is 0.588. The first-order chi connectivity index (χ1) is 9.68. The van der Waals surface area contributed by atoms with Gasteiger partial charge in [-0.25, -0.2) is 0 Å². The molecule has 0 aliphatic heterocycles. The van der Waals surface area contributed by atoms with Gasteiger partial charge < -0.3 is 4.74 Å². The van der Waals surface area contributed by atoms with E-state index >= 15 is 0 Å². The van der Waals surface area contributed by atoms with Crippen molar-refractivity contribution in [2.75, 3.05) is 19.8 Å².